The average molecular weight is 272 g/mol. The fourth-order valence-electron chi connectivity index (χ4n) is 2.15. The quantitative estimate of drug-likeness (QED) is 0.730. The van der Waals surface area contributed by atoms with Gasteiger partial charge in [-0.1, -0.05) is 6.07 Å². The van der Waals surface area contributed by atoms with Crippen LogP contribution in [0.25, 0.3) is 5.65 Å². The van der Waals surface area contributed by atoms with Crippen LogP contribution in [0.15, 0.2) is 30.6 Å². The number of nitrogens with one attached hydrogen (secondary N) is 1. The lowest BCUT2D eigenvalue weighted by molar-refractivity contribution is -0.138. The first kappa shape index (κ1) is 12.3. The third kappa shape index (κ3) is 1.93. The summed E-state index contributed by atoms with van der Waals surface area (Å²) >= 11 is 0. The van der Waals surface area contributed by atoms with Gasteiger partial charge >= 0.3 is 0 Å². The molecular formula is C13H12N4O3. The lowest BCUT2D eigenvalue weighted by Gasteiger charge is -2.30. The number of imide groups is 1. The molecule has 3 amide bonds. The first-order chi connectivity index (χ1) is 9.56. The van der Waals surface area contributed by atoms with Crippen molar-refractivity contribution in [2.45, 2.75) is 13.0 Å². The number of hydrogen-bond acceptors (Lipinski definition) is 4. The molecule has 2 aromatic heterocycles. The Labute approximate surface area is 114 Å². The van der Waals surface area contributed by atoms with Gasteiger partial charge in [0.2, 0.25) is 11.8 Å². The number of hydrogen-bond donors (Lipinski definition) is 1. The van der Waals surface area contributed by atoms with E-state index in [1.807, 2.05) is 12.1 Å². The van der Waals surface area contributed by atoms with Crippen LogP contribution in [0.2, 0.25) is 0 Å². The maximum absolute atomic E-state index is 12.4. The van der Waals surface area contributed by atoms with E-state index < -0.39 is 23.8 Å². The Morgan fingerprint density at radius 2 is 2.20 bits per heavy atom. The summed E-state index contributed by atoms with van der Waals surface area (Å²) in [4.78, 5) is 40.8. The topological polar surface area (TPSA) is 83.8 Å². The maximum atomic E-state index is 12.4. The predicted molar refractivity (Wildman–Crippen MR) is 68.8 cm³/mol. The lowest BCUT2D eigenvalue weighted by Crippen LogP contribution is -2.58. The van der Waals surface area contributed by atoms with Gasteiger partial charge in [-0.15, -0.1) is 0 Å². The normalized spacial score (nSPS) is 19.2. The van der Waals surface area contributed by atoms with Crippen molar-refractivity contribution in [3.63, 3.8) is 0 Å². The highest BCUT2D eigenvalue weighted by Gasteiger charge is 2.34. The Morgan fingerprint density at radius 3 is 2.95 bits per heavy atom. The number of carbonyl (C=O) groups excluding carboxylic acids is 3. The second-order valence-electron chi connectivity index (χ2n) is 4.61. The van der Waals surface area contributed by atoms with Gasteiger partial charge in [0.15, 0.2) is 0 Å². The average Bonchev–Trinajstić information content (AvgIpc) is 2.86. The standard InChI is InChI=1S/C13H12N4O3/c1-8-12(19)15-11(18)7-17(8)13(20)9-6-16-5-3-2-4-10(16)14-9/h2-6,8H,7H2,1H3,(H,15,18,19). The maximum Gasteiger partial charge on any atom is 0.275 e. The molecule has 0 radical (unpaired) electrons. The van der Waals surface area contributed by atoms with Gasteiger partial charge in [0.25, 0.3) is 5.91 Å². The second-order valence-corrected chi connectivity index (χ2v) is 4.61. The van der Waals surface area contributed by atoms with E-state index in [4.69, 9.17) is 0 Å². The minimum atomic E-state index is -0.690. The fraction of sp³-hybridized carbons (Fsp3) is 0.231. The first-order valence-corrected chi connectivity index (χ1v) is 6.14. The van der Waals surface area contributed by atoms with E-state index in [9.17, 15) is 14.4 Å². The van der Waals surface area contributed by atoms with Gasteiger partial charge in [-0.05, 0) is 19.1 Å². The van der Waals surface area contributed by atoms with Crippen molar-refractivity contribution in [3.05, 3.63) is 36.3 Å². The molecule has 0 aliphatic carbocycles. The molecule has 0 aromatic carbocycles. The Kier molecular flexibility index (Phi) is 2.74. The molecule has 0 bridgehead atoms. The molecule has 1 atom stereocenters. The number of fused-ring (bicyclic) bond motifs is 1. The van der Waals surface area contributed by atoms with Gasteiger partial charge in [0.05, 0.1) is 0 Å². The second kappa shape index (κ2) is 4.44. The molecule has 1 unspecified atom stereocenters. The zero-order chi connectivity index (χ0) is 14.3. The van der Waals surface area contributed by atoms with Gasteiger partial charge in [-0.3, -0.25) is 19.7 Å². The molecule has 0 saturated carbocycles. The monoisotopic (exact) mass is 272 g/mol. The Balaban J connectivity index is 1.94. The van der Waals surface area contributed by atoms with Crippen molar-refractivity contribution in [3.8, 4) is 0 Å². The molecular weight excluding hydrogens is 260 g/mol. The number of piperazine rings is 1. The largest absolute Gasteiger partial charge is 0.316 e. The van der Waals surface area contributed by atoms with Crippen LogP contribution in [0.4, 0.5) is 0 Å². The van der Waals surface area contributed by atoms with Crippen LogP contribution >= 0.6 is 0 Å². The summed E-state index contributed by atoms with van der Waals surface area (Å²) in [6.07, 6.45) is 3.36. The van der Waals surface area contributed by atoms with Gasteiger partial charge in [-0.25, -0.2) is 4.98 Å². The van der Waals surface area contributed by atoms with E-state index in [2.05, 4.69) is 10.3 Å². The zero-order valence-corrected chi connectivity index (χ0v) is 10.7. The van der Waals surface area contributed by atoms with E-state index in [1.165, 1.54) is 4.90 Å². The molecule has 0 spiro atoms. The molecule has 3 heterocycles. The molecule has 102 valence electrons. The third-order valence-electron chi connectivity index (χ3n) is 3.27. The summed E-state index contributed by atoms with van der Waals surface area (Å²) in [5.74, 6) is -1.38. The number of amides is 3. The third-order valence-corrected chi connectivity index (χ3v) is 3.27. The number of nitrogens with zero attached hydrogens (tertiary/aromatic N) is 3. The number of aromatic nitrogens is 2. The van der Waals surface area contributed by atoms with Gasteiger partial charge in [0, 0.05) is 12.4 Å². The van der Waals surface area contributed by atoms with Crippen molar-refractivity contribution in [1.82, 2.24) is 19.6 Å². The van der Waals surface area contributed by atoms with Crippen LogP contribution in [0.1, 0.15) is 17.4 Å². The highest BCUT2D eigenvalue weighted by molar-refractivity contribution is 6.06. The Hall–Kier alpha value is -2.70. The number of rotatable bonds is 1. The smallest absolute Gasteiger partial charge is 0.275 e. The van der Waals surface area contributed by atoms with E-state index in [-0.39, 0.29) is 12.2 Å². The molecule has 3 rings (SSSR count). The highest BCUT2D eigenvalue weighted by atomic mass is 16.2. The highest BCUT2D eigenvalue weighted by Crippen LogP contribution is 2.12. The SMILES string of the molecule is CC1C(=O)NC(=O)CN1C(=O)c1cn2ccccc2n1. The summed E-state index contributed by atoms with van der Waals surface area (Å²) in [7, 11) is 0. The Bertz CT molecular complexity index is 688. The summed E-state index contributed by atoms with van der Waals surface area (Å²) < 4.78 is 1.71. The van der Waals surface area contributed by atoms with Crippen molar-refractivity contribution < 1.29 is 14.4 Å². The van der Waals surface area contributed by atoms with Crippen LogP contribution in [0, 0.1) is 0 Å². The molecule has 1 aliphatic rings. The molecule has 7 nitrogen and oxygen atoms in total. The van der Waals surface area contributed by atoms with Gasteiger partial charge in [0.1, 0.15) is 23.9 Å². The predicted octanol–water partition coefficient (Wildman–Crippen LogP) is -0.179. The molecule has 2 aromatic rings. The van der Waals surface area contributed by atoms with Crippen LogP contribution < -0.4 is 5.32 Å². The first-order valence-electron chi connectivity index (χ1n) is 6.14. The minimum Gasteiger partial charge on any atom is -0.316 e. The van der Waals surface area contributed by atoms with Crippen LogP contribution in [-0.2, 0) is 9.59 Å². The van der Waals surface area contributed by atoms with Crippen molar-refractivity contribution in [2.24, 2.45) is 0 Å². The molecule has 7 heteroatoms. The van der Waals surface area contributed by atoms with Crippen molar-refractivity contribution in [2.75, 3.05) is 6.54 Å². The number of pyridine rings is 1. The molecule has 20 heavy (non-hydrogen) atoms. The lowest BCUT2D eigenvalue weighted by atomic mass is 10.2. The molecule has 1 fully saturated rings. The van der Waals surface area contributed by atoms with Crippen LogP contribution in [0.3, 0.4) is 0 Å². The minimum absolute atomic E-state index is 0.139. The summed E-state index contributed by atoms with van der Waals surface area (Å²) in [6, 6.07) is 4.72. The molecule has 1 saturated heterocycles. The van der Waals surface area contributed by atoms with E-state index in [0.717, 1.165) is 0 Å². The van der Waals surface area contributed by atoms with Gasteiger partial charge in [-0.2, -0.15) is 0 Å². The Morgan fingerprint density at radius 1 is 1.40 bits per heavy atom. The van der Waals surface area contributed by atoms with Crippen molar-refractivity contribution >= 4 is 23.4 Å². The van der Waals surface area contributed by atoms with Crippen LogP contribution in [0.5, 0.6) is 0 Å². The fourth-order valence-corrected chi connectivity index (χ4v) is 2.15. The zero-order valence-electron chi connectivity index (χ0n) is 10.7. The van der Waals surface area contributed by atoms with Crippen molar-refractivity contribution in [1.29, 1.82) is 0 Å². The number of carbonyl (C=O) groups is 3. The summed E-state index contributed by atoms with van der Waals surface area (Å²) in [5, 5.41) is 2.19. The van der Waals surface area contributed by atoms with Crippen LogP contribution in [-0.4, -0.2) is 44.6 Å². The van der Waals surface area contributed by atoms with Gasteiger partial charge < -0.3 is 9.30 Å². The summed E-state index contributed by atoms with van der Waals surface area (Å²) in [5.41, 5.74) is 0.849. The van der Waals surface area contributed by atoms with E-state index in [0.29, 0.717) is 5.65 Å². The summed E-state index contributed by atoms with van der Waals surface area (Å²) in [6.45, 7) is 1.44. The van der Waals surface area contributed by atoms with E-state index in [1.54, 1.807) is 29.8 Å². The number of imidazole rings is 1. The van der Waals surface area contributed by atoms with E-state index >= 15 is 0 Å². The molecule has 1 N–H and O–H groups in total. The molecule has 1 aliphatic heterocycles.